The Bertz CT molecular complexity index is 304. The Kier molecular flexibility index (Phi) is 6.01. The molecule has 0 spiro atoms. The first kappa shape index (κ1) is 17.9. The molecule has 7 heteroatoms. The van der Waals surface area contributed by atoms with Crippen LogP contribution in [0.25, 0.3) is 0 Å². The van der Waals surface area contributed by atoms with E-state index in [0.717, 1.165) is 0 Å². The third-order valence-electron chi connectivity index (χ3n) is 2.99. The van der Waals surface area contributed by atoms with E-state index in [2.05, 4.69) is 0 Å². The first-order valence-corrected chi connectivity index (χ1v) is 6.74. The molecule has 0 amide bonds. The smallest absolute Gasteiger partial charge is 0.112 e. The quantitative estimate of drug-likeness (QED) is 0.531. The summed E-state index contributed by atoms with van der Waals surface area (Å²) >= 11 is 0. The van der Waals surface area contributed by atoms with E-state index in [1.54, 1.807) is 13.8 Å². The Morgan fingerprint density at radius 2 is 1.80 bits per heavy atom. The van der Waals surface area contributed by atoms with Gasteiger partial charge in [-0.05, 0) is 27.7 Å². The second-order valence-electron chi connectivity index (χ2n) is 6.45. The zero-order valence-corrected chi connectivity index (χ0v) is 12.6. The number of hydrogen-bond donors (Lipinski definition) is 3. The van der Waals surface area contributed by atoms with E-state index in [1.807, 2.05) is 13.8 Å². The van der Waals surface area contributed by atoms with E-state index in [4.69, 9.17) is 27.2 Å². The van der Waals surface area contributed by atoms with Crippen LogP contribution < -0.4 is 0 Å². The van der Waals surface area contributed by atoms with Crippen LogP contribution in [0.2, 0.25) is 0 Å². The maximum absolute atomic E-state index is 9.90. The molecule has 0 saturated carbocycles. The second kappa shape index (κ2) is 6.72. The highest BCUT2D eigenvalue weighted by atomic mass is 16.6. The summed E-state index contributed by atoms with van der Waals surface area (Å²) < 4.78 is 16.3. The molecule has 1 heterocycles. The van der Waals surface area contributed by atoms with Gasteiger partial charge in [0, 0.05) is 6.00 Å². The second-order valence-corrected chi connectivity index (χ2v) is 6.45. The van der Waals surface area contributed by atoms with Crippen molar-refractivity contribution in [3.05, 3.63) is 0 Å². The van der Waals surface area contributed by atoms with Gasteiger partial charge in [0.25, 0.3) is 0 Å². The molecule has 116 valence electrons. The lowest BCUT2D eigenvalue weighted by Crippen LogP contribution is -2.42. The first-order chi connectivity index (χ1) is 9.06. The van der Waals surface area contributed by atoms with E-state index in [1.165, 1.54) is 0 Å². The highest BCUT2D eigenvalue weighted by Gasteiger charge is 2.42. The van der Waals surface area contributed by atoms with Crippen molar-refractivity contribution in [3.8, 4) is 0 Å². The van der Waals surface area contributed by atoms with E-state index < -0.39 is 35.5 Å². The van der Waals surface area contributed by atoms with Crippen molar-refractivity contribution >= 4 is 7.85 Å². The predicted octanol–water partition coefficient (Wildman–Crippen LogP) is -0.816. The van der Waals surface area contributed by atoms with Crippen molar-refractivity contribution < 1.29 is 29.5 Å². The van der Waals surface area contributed by atoms with Gasteiger partial charge in [-0.3, -0.25) is 0 Å². The fourth-order valence-corrected chi connectivity index (χ4v) is 1.82. The Morgan fingerprint density at radius 3 is 2.25 bits per heavy atom. The Labute approximate surface area is 121 Å². The fraction of sp³-hybridized carbons (Fsp3) is 1.00. The molecule has 0 aromatic rings. The van der Waals surface area contributed by atoms with Crippen LogP contribution in [-0.2, 0) is 14.2 Å². The Morgan fingerprint density at radius 1 is 1.20 bits per heavy atom. The van der Waals surface area contributed by atoms with Gasteiger partial charge in [-0.2, -0.15) is 0 Å². The third kappa shape index (κ3) is 5.31. The molecule has 0 aromatic heterocycles. The number of ether oxygens (including phenoxy) is 3. The largest absolute Gasteiger partial charge is 0.394 e. The van der Waals surface area contributed by atoms with Gasteiger partial charge in [0.1, 0.15) is 26.2 Å². The monoisotopic (exact) mass is 288 g/mol. The summed E-state index contributed by atoms with van der Waals surface area (Å²) in [4.78, 5) is 0. The van der Waals surface area contributed by atoms with Crippen LogP contribution in [0.1, 0.15) is 27.7 Å². The molecule has 2 radical (unpaired) electrons. The summed E-state index contributed by atoms with van der Waals surface area (Å²) in [6, 6.07) is -0.785. The molecule has 0 bridgehead atoms. The van der Waals surface area contributed by atoms with Gasteiger partial charge in [-0.1, -0.05) is 0 Å². The molecule has 0 aliphatic carbocycles. The van der Waals surface area contributed by atoms with E-state index >= 15 is 0 Å². The van der Waals surface area contributed by atoms with Gasteiger partial charge in [-0.15, -0.1) is 0 Å². The SMILES string of the molecule is [B][C@@H]1O[C@H](CO)C(O)C1OCC(C)(C)OCC(C)(C)O. The lowest BCUT2D eigenvalue weighted by molar-refractivity contribution is -0.140. The summed E-state index contributed by atoms with van der Waals surface area (Å²) in [7, 11) is 5.71. The molecular formula is C13H25BO6. The highest BCUT2D eigenvalue weighted by molar-refractivity contribution is 6.11. The molecule has 2 unspecified atom stereocenters. The minimum atomic E-state index is -0.972. The summed E-state index contributed by atoms with van der Waals surface area (Å²) in [5.74, 6) is 0. The number of hydrogen-bond acceptors (Lipinski definition) is 6. The van der Waals surface area contributed by atoms with Gasteiger partial charge in [-0.25, -0.2) is 0 Å². The van der Waals surface area contributed by atoms with Crippen molar-refractivity contribution in [1.29, 1.82) is 0 Å². The molecular weight excluding hydrogens is 263 g/mol. The molecule has 1 rings (SSSR count). The van der Waals surface area contributed by atoms with E-state index in [9.17, 15) is 10.2 Å². The predicted molar refractivity (Wildman–Crippen MR) is 73.6 cm³/mol. The van der Waals surface area contributed by atoms with E-state index in [0.29, 0.717) is 0 Å². The van der Waals surface area contributed by atoms with Gasteiger partial charge in [0.15, 0.2) is 0 Å². The minimum absolute atomic E-state index is 0.165. The van der Waals surface area contributed by atoms with Crippen molar-refractivity contribution in [1.82, 2.24) is 0 Å². The van der Waals surface area contributed by atoms with Crippen LogP contribution in [0.15, 0.2) is 0 Å². The van der Waals surface area contributed by atoms with Crippen LogP contribution in [0.5, 0.6) is 0 Å². The molecule has 1 fully saturated rings. The first-order valence-electron chi connectivity index (χ1n) is 6.74. The number of rotatable bonds is 7. The highest BCUT2D eigenvalue weighted by Crippen LogP contribution is 2.24. The average molecular weight is 288 g/mol. The zero-order valence-electron chi connectivity index (χ0n) is 12.6. The number of aliphatic hydroxyl groups excluding tert-OH is 2. The summed E-state index contributed by atoms with van der Waals surface area (Å²) in [5.41, 5.74) is -1.57. The molecule has 1 saturated heterocycles. The fourth-order valence-electron chi connectivity index (χ4n) is 1.82. The van der Waals surface area contributed by atoms with Gasteiger partial charge >= 0.3 is 0 Å². The summed E-state index contributed by atoms with van der Waals surface area (Å²) in [6.45, 7) is 6.97. The maximum atomic E-state index is 9.90. The Hall–Kier alpha value is -0.175. The van der Waals surface area contributed by atoms with Crippen molar-refractivity contribution in [2.45, 2.75) is 63.2 Å². The van der Waals surface area contributed by atoms with Crippen molar-refractivity contribution in [3.63, 3.8) is 0 Å². The molecule has 20 heavy (non-hydrogen) atoms. The van der Waals surface area contributed by atoms with Gasteiger partial charge in [0.05, 0.1) is 31.0 Å². The molecule has 6 nitrogen and oxygen atoms in total. The standard InChI is InChI=1S/C13H25BO6/c1-12(2,17)6-19-13(3,4)7-18-10-9(16)8(5-15)20-11(10)14/h8-11,15-17H,5-7H2,1-4H3/t8-,9?,10?,11-/m1/s1. The van der Waals surface area contributed by atoms with Gasteiger partial charge < -0.3 is 29.5 Å². The average Bonchev–Trinajstić information content (AvgIpc) is 2.59. The molecule has 1 aliphatic rings. The van der Waals surface area contributed by atoms with Crippen LogP contribution in [0, 0.1) is 0 Å². The maximum Gasteiger partial charge on any atom is 0.112 e. The van der Waals surface area contributed by atoms with Crippen LogP contribution in [0.3, 0.4) is 0 Å². The third-order valence-corrected chi connectivity index (χ3v) is 2.99. The molecule has 3 N–H and O–H groups in total. The van der Waals surface area contributed by atoms with Gasteiger partial charge in [0.2, 0.25) is 0 Å². The topological polar surface area (TPSA) is 88.4 Å². The molecule has 0 aromatic carbocycles. The van der Waals surface area contributed by atoms with Crippen LogP contribution in [-0.4, -0.2) is 78.5 Å². The summed E-state index contributed by atoms with van der Waals surface area (Å²) in [6.07, 6.45) is -2.41. The minimum Gasteiger partial charge on any atom is -0.394 e. The molecule has 1 aliphatic heterocycles. The van der Waals surface area contributed by atoms with Crippen LogP contribution in [0.4, 0.5) is 0 Å². The zero-order chi connectivity index (χ0) is 15.6. The lowest BCUT2D eigenvalue weighted by atomic mass is 9.92. The van der Waals surface area contributed by atoms with Crippen molar-refractivity contribution in [2.24, 2.45) is 0 Å². The summed E-state index contributed by atoms with van der Waals surface area (Å²) in [5, 5.41) is 28.6. The normalized spacial score (nSPS) is 31.8. The Balaban J connectivity index is 2.45. The van der Waals surface area contributed by atoms with Crippen molar-refractivity contribution in [2.75, 3.05) is 19.8 Å². The van der Waals surface area contributed by atoms with E-state index in [-0.39, 0.29) is 19.8 Å². The number of aliphatic hydroxyl groups is 3. The molecule has 4 atom stereocenters. The lowest BCUT2D eigenvalue weighted by Gasteiger charge is -2.31. The van der Waals surface area contributed by atoms with Crippen LogP contribution >= 0.6 is 0 Å².